The molecule has 0 saturated heterocycles. The van der Waals surface area contributed by atoms with E-state index in [2.05, 4.69) is 4.98 Å². The summed E-state index contributed by atoms with van der Waals surface area (Å²) < 4.78 is 0. The van der Waals surface area contributed by atoms with Crippen molar-refractivity contribution in [2.75, 3.05) is 0 Å². The van der Waals surface area contributed by atoms with Crippen molar-refractivity contribution >= 4 is 34.1 Å². The molecule has 1 atom stereocenters. The van der Waals surface area contributed by atoms with Crippen LogP contribution < -0.4 is 0 Å². The Balaban J connectivity index is 2.57. The topological polar surface area (TPSA) is 36.0 Å². The Morgan fingerprint density at radius 2 is 2.13 bits per heavy atom. The maximum atomic E-state index is 9.33. The molecule has 2 rings (SSSR count). The first-order chi connectivity index (χ1) is 7.09. The third-order valence-corrected chi connectivity index (χ3v) is 3.15. The van der Waals surface area contributed by atoms with Crippen LogP contribution in [0.4, 0.5) is 0 Å². The first-order valence-electron chi connectivity index (χ1n) is 4.71. The lowest BCUT2D eigenvalue weighted by molar-refractivity contribution is 0.196. The second-order valence-electron chi connectivity index (χ2n) is 3.65. The maximum absolute atomic E-state index is 9.33. The van der Waals surface area contributed by atoms with Crippen LogP contribution in [0.3, 0.4) is 0 Å². The monoisotopic (exact) mass is 243 g/mol. The molecule has 2 nitrogen and oxygen atoms in total. The van der Waals surface area contributed by atoms with Gasteiger partial charge in [0.25, 0.3) is 0 Å². The second kappa shape index (κ2) is 4.05. The summed E-state index contributed by atoms with van der Waals surface area (Å²) in [5.74, 6) is 0. The molecule has 0 aliphatic heterocycles. The van der Waals surface area contributed by atoms with Crippen molar-refractivity contribution in [1.82, 2.24) is 4.98 Å². The highest BCUT2D eigenvalue weighted by Crippen LogP contribution is 2.31. The van der Waals surface area contributed by atoms with Crippen molar-refractivity contribution in [3.05, 3.63) is 33.9 Å². The van der Waals surface area contributed by atoms with Gasteiger partial charge in [-0.05, 0) is 18.6 Å². The van der Waals surface area contributed by atoms with Crippen molar-refractivity contribution in [3.63, 3.8) is 0 Å². The SMILES string of the molecule is CC(O)Cc1c[nH]c2c(Cl)c(Cl)ccc12. The highest BCUT2D eigenvalue weighted by Gasteiger charge is 2.10. The van der Waals surface area contributed by atoms with Crippen LogP contribution in [0, 0.1) is 0 Å². The van der Waals surface area contributed by atoms with Gasteiger partial charge in [0.2, 0.25) is 0 Å². The molecule has 0 radical (unpaired) electrons. The number of aromatic amines is 1. The quantitative estimate of drug-likeness (QED) is 0.834. The molecule has 2 N–H and O–H groups in total. The molecule has 0 fully saturated rings. The summed E-state index contributed by atoms with van der Waals surface area (Å²) >= 11 is 12.0. The number of H-pyrrole nitrogens is 1. The Morgan fingerprint density at radius 1 is 1.40 bits per heavy atom. The smallest absolute Gasteiger partial charge is 0.0833 e. The lowest BCUT2D eigenvalue weighted by Gasteiger charge is -2.03. The summed E-state index contributed by atoms with van der Waals surface area (Å²) in [6, 6.07) is 3.68. The van der Waals surface area contributed by atoms with E-state index in [-0.39, 0.29) is 6.10 Å². The molecule has 15 heavy (non-hydrogen) atoms. The minimum Gasteiger partial charge on any atom is -0.393 e. The summed E-state index contributed by atoms with van der Waals surface area (Å²) in [6.45, 7) is 1.76. The third kappa shape index (κ3) is 1.98. The molecule has 1 aromatic carbocycles. The van der Waals surface area contributed by atoms with E-state index in [9.17, 15) is 5.11 Å². The van der Waals surface area contributed by atoms with E-state index in [4.69, 9.17) is 23.2 Å². The van der Waals surface area contributed by atoms with E-state index >= 15 is 0 Å². The Morgan fingerprint density at radius 3 is 2.80 bits per heavy atom. The van der Waals surface area contributed by atoms with Crippen LogP contribution in [0.5, 0.6) is 0 Å². The fourth-order valence-electron chi connectivity index (χ4n) is 1.68. The molecule has 2 aromatic rings. The average molecular weight is 244 g/mol. The summed E-state index contributed by atoms with van der Waals surface area (Å²) in [5.41, 5.74) is 1.89. The van der Waals surface area contributed by atoms with Gasteiger partial charge in [-0.2, -0.15) is 0 Å². The fourth-order valence-corrected chi connectivity index (χ4v) is 2.06. The zero-order valence-corrected chi connectivity index (χ0v) is 9.73. The van der Waals surface area contributed by atoms with Gasteiger partial charge in [0, 0.05) is 18.0 Å². The van der Waals surface area contributed by atoms with Crippen LogP contribution in [0.15, 0.2) is 18.3 Å². The number of hydrogen-bond acceptors (Lipinski definition) is 1. The van der Waals surface area contributed by atoms with Gasteiger partial charge >= 0.3 is 0 Å². The molecule has 1 heterocycles. The zero-order chi connectivity index (χ0) is 11.0. The molecule has 0 amide bonds. The van der Waals surface area contributed by atoms with Gasteiger partial charge < -0.3 is 10.1 Å². The number of benzene rings is 1. The Labute approximate surface area is 97.8 Å². The van der Waals surface area contributed by atoms with Crippen LogP contribution in [0.2, 0.25) is 10.0 Å². The third-order valence-electron chi connectivity index (χ3n) is 2.35. The maximum Gasteiger partial charge on any atom is 0.0833 e. The minimum atomic E-state index is -0.363. The fraction of sp³-hybridized carbons (Fsp3) is 0.273. The Bertz CT molecular complexity index is 491. The van der Waals surface area contributed by atoms with Crippen molar-refractivity contribution in [2.45, 2.75) is 19.4 Å². The van der Waals surface area contributed by atoms with E-state index in [0.717, 1.165) is 16.5 Å². The number of aliphatic hydroxyl groups excluding tert-OH is 1. The van der Waals surface area contributed by atoms with Crippen LogP contribution in [-0.4, -0.2) is 16.2 Å². The predicted octanol–water partition coefficient (Wildman–Crippen LogP) is 3.40. The molecule has 1 aromatic heterocycles. The lowest BCUT2D eigenvalue weighted by atomic mass is 10.1. The molecule has 4 heteroatoms. The highest BCUT2D eigenvalue weighted by molar-refractivity contribution is 6.45. The first kappa shape index (κ1) is 10.8. The van der Waals surface area contributed by atoms with Gasteiger partial charge in [0.1, 0.15) is 0 Å². The number of aromatic nitrogens is 1. The molecule has 0 aliphatic carbocycles. The lowest BCUT2D eigenvalue weighted by Crippen LogP contribution is -2.03. The van der Waals surface area contributed by atoms with Crippen molar-refractivity contribution < 1.29 is 5.11 Å². The second-order valence-corrected chi connectivity index (χ2v) is 4.44. The number of hydrogen-bond donors (Lipinski definition) is 2. The Kier molecular flexibility index (Phi) is 2.91. The van der Waals surface area contributed by atoms with Crippen LogP contribution in [0.1, 0.15) is 12.5 Å². The van der Waals surface area contributed by atoms with Crippen molar-refractivity contribution in [1.29, 1.82) is 0 Å². The van der Waals surface area contributed by atoms with Crippen LogP contribution in [-0.2, 0) is 6.42 Å². The number of nitrogens with one attached hydrogen (secondary N) is 1. The number of aliphatic hydroxyl groups is 1. The summed E-state index contributed by atoms with van der Waals surface area (Å²) in [6.07, 6.45) is 2.11. The molecule has 1 unspecified atom stereocenters. The summed E-state index contributed by atoms with van der Waals surface area (Å²) in [5, 5.41) is 11.4. The minimum absolute atomic E-state index is 0.363. The summed E-state index contributed by atoms with van der Waals surface area (Å²) in [7, 11) is 0. The van der Waals surface area contributed by atoms with Gasteiger partial charge in [0.05, 0.1) is 21.7 Å². The molecule has 80 valence electrons. The summed E-state index contributed by atoms with van der Waals surface area (Å²) in [4.78, 5) is 3.08. The molecule has 0 saturated carbocycles. The van der Waals surface area contributed by atoms with Crippen molar-refractivity contribution in [2.24, 2.45) is 0 Å². The van der Waals surface area contributed by atoms with E-state index in [1.807, 2.05) is 12.3 Å². The van der Waals surface area contributed by atoms with E-state index < -0.39 is 0 Å². The predicted molar refractivity (Wildman–Crippen MR) is 63.7 cm³/mol. The van der Waals surface area contributed by atoms with Gasteiger partial charge in [-0.15, -0.1) is 0 Å². The molecular formula is C11H11Cl2NO. The van der Waals surface area contributed by atoms with Gasteiger partial charge in [0.15, 0.2) is 0 Å². The van der Waals surface area contributed by atoms with E-state index in [1.54, 1.807) is 13.0 Å². The highest BCUT2D eigenvalue weighted by atomic mass is 35.5. The first-order valence-corrected chi connectivity index (χ1v) is 5.47. The Hall–Kier alpha value is -0.700. The normalized spacial score (nSPS) is 13.3. The number of rotatable bonds is 2. The molecule has 0 spiro atoms. The molecule has 0 bridgehead atoms. The zero-order valence-electron chi connectivity index (χ0n) is 8.22. The van der Waals surface area contributed by atoms with Gasteiger partial charge in [-0.3, -0.25) is 0 Å². The largest absolute Gasteiger partial charge is 0.393 e. The van der Waals surface area contributed by atoms with E-state index in [1.165, 1.54) is 0 Å². The van der Waals surface area contributed by atoms with E-state index in [0.29, 0.717) is 16.5 Å². The number of halogens is 2. The molecular weight excluding hydrogens is 233 g/mol. The standard InChI is InChI=1S/C11H11Cl2NO/c1-6(15)4-7-5-14-11-8(7)2-3-9(12)10(11)13/h2-3,5-6,14-15H,4H2,1H3. The van der Waals surface area contributed by atoms with Gasteiger partial charge in [-0.1, -0.05) is 29.3 Å². The average Bonchev–Trinajstić information content (AvgIpc) is 2.55. The van der Waals surface area contributed by atoms with Crippen molar-refractivity contribution in [3.8, 4) is 0 Å². The number of fused-ring (bicyclic) bond motifs is 1. The van der Waals surface area contributed by atoms with Gasteiger partial charge in [-0.25, -0.2) is 0 Å². The van der Waals surface area contributed by atoms with Crippen LogP contribution in [0.25, 0.3) is 10.9 Å². The molecule has 0 aliphatic rings. The van der Waals surface area contributed by atoms with Crippen LogP contribution >= 0.6 is 23.2 Å².